The summed E-state index contributed by atoms with van der Waals surface area (Å²) < 4.78 is 13.6. The van der Waals surface area contributed by atoms with E-state index < -0.39 is 12.8 Å². The van der Waals surface area contributed by atoms with Gasteiger partial charge in [0.1, 0.15) is 12.8 Å². The van der Waals surface area contributed by atoms with Crippen LogP contribution in [0, 0.1) is 3.57 Å². The molecule has 13 heavy (non-hydrogen) atoms. The molecule has 4 nitrogen and oxygen atoms in total. The summed E-state index contributed by atoms with van der Waals surface area (Å²) in [5.41, 5.74) is -0.261. The zero-order chi connectivity index (χ0) is 9.84. The maximum Gasteiger partial charge on any atom is 0.266 e. The van der Waals surface area contributed by atoms with E-state index in [2.05, 4.69) is 4.98 Å². The summed E-state index contributed by atoms with van der Waals surface area (Å²) in [6.07, 6.45) is 1.56. The second-order valence-corrected chi connectivity index (χ2v) is 3.67. The Labute approximate surface area is 87.6 Å². The van der Waals surface area contributed by atoms with Gasteiger partial charge in [0, 0.05) is 6.20 Å². The van der Waals surface area contributed by atoms with E-state index >= 15 is 0 Å². The number of halogens is 2. The molecule has 1 atom stereocenters. The van der Waals surface area contributed by atoms with Gasteiger partial charge in [0.15, 0.2) is 0 Å². The van der Waals surface area contributed by atoms with E-state index in [0.29, 0.717) is 3.57 Å². The number of alkyl halides is 1. The van der Waals surface area contributed by atoms with Crippen molar-refractivity contribution in [1.82, 2.24) is 9.55 Å². The molecule has 0 aliphatic carbocycles. The topological polar surface area (TPSA) is 55.1 Å². The molecule has 0 spiro atoms. The number of nitrogens with zero attached hydrogens (tertiary/aromatic N) is 2. The molecule has 0 aromatic carbocycles. The number of hydrogen-bond acceptors (Lipinski definition) is 3. The first-order valence-electron chi connectivity index (χ1n) is 3.59. The van der Waals surface area contributed by atoms with Crippen molar-refractivity contribution in [3.63, 3.8) is 0 Å². The van der Waals surface area contributed by atoms with E-state index in [1.807, 2.05) is 22.6 Å². The molecule has 0 aliphatic rings. The van der Waals surface area contributed by atoms with Gasteiger partial charge in [0.2, 0.25) is 0 Å². The monoisotopic (exact) mass is 298 g/mol. The van der Waals surface area contributed by atoms with Crippen LogP contribution in [-0.2, 0) is 6.54 Å². The van der Waals surface area contributed by atoms with Crippen LogP contribution in [0.1, 0.15) is 0 Å². The van der Waals surface area contributed by atoms with Gasteiger partial charge in [-0.3, -0.25) is 9.36 Å². The summed E-state index contributed by atoms with van der Waals surface area (Å²) in [4.78, 5) is 15.1. The van der Waals surface area contributed by atoms with Crippen LogP contribution in [0.2, 0.25) is 0 Å². The fraction of sp³-hybridized carbons (Fsp3) is 0.429. The second kappa shape index (κ2) is 4.66. The van der Waals surface area contributed by atoms with E-state index in [4.69, 9.17) is 5.11 Å². The van der Waals surface area contributed by atoms with Gasteiger partial charge in [0.25, 0.3) is 5.56 Å². The van der Waals surface area contributed by atoms with Crippen molar-refractivity contribution in [3.8, 4) is 0 Å². The van der Waals surface area contributed by atoms with E-state index in [0.717, 1.165) is 0 Å². The fourth-order valence-electron chi connectivity index (χ4n) is 0.830. The summed E-state index contributed by atoms with van der Waals surface area (Å²) >= 11 is 1.84. The lowest BCUT2D eigenvalue weighted by Crippen LogP contribution is -2.29. The Morgan fingerprint density at radius 3 is 3.08 bits per heavy atom. The van der Waals surface area contributed by atoms with Gasteiger partial charge in [0.05, 0.1) is 16.4 Å². The van der Waals surface area contributed by atoms with Crippen LogP contribution < -0.4 is 5.56 Å². The third-order valence-corrected chi connectivity index (χ3v) is 2.18. The molecule has 6 heteroatoms. The second-order valence-electron chi connectivity index (χ2n) is 2.51. The molecule has 0 aliphatic heterocycles. The van der Waals surface area contributed by atoms with E-state index in [-0.39, 0.29) is 12.1 Å². The smallest absolute Gasteiger partial charge is 0.266 e. The van der Waals surface area contributed by atoms with Gasteiger partial charge in [-0.25, -0.2) is 9.37 Å². The lowest BCUT2D eigenvalue weighted by Gasteiger charge is -2.07. The van der Waals surface area contributed by atoms with Gasteiger partial charge >= 0.3 is 0 Å². The normalized spacial score (nSPS) is 12.8. The van der Waals surface area contributed by atoms with Gasteiger partial charge in [-0.15, -0.1) is 0 Å². The van der Waals surface area contributed by atoms with Crippen molar-refractivity contribution in [2.45, 2.75) is 12.6 Å². The molecular formula is C7H8FIN2O2. The van der Waals surface area contributed by atoms with Gasteiger partial charge in [-0.1, -0.05) is 0 Å². The molecule has 1 rings (SSSR count). The molecule has 0 saturated heterocycles. The highest BCUT2D eigenvalue weighted by atomic mass is 127. The Morgan fingerprint density at radius 2 is 2.46 bits per heavy atom. The van der Waals surface area contributed by atoms with Crippen molar-refractivity contribution in [1.29, 1.82) is 0 Å². The van der Waals surface area contributed by atoms with Gasteiger partial charge < -0.3 is 5.11 Å². The zero-order valence-corrected chi connectivity index (χ0v) is 8.81. The van der Waals surface area contributed by atoms with E-state index in [9.17, 15) is 9.18 Å². The highest BCUT2D eigenvalue weighted by Gasteiger charge is 2.06. The zero-order valence-electron chi connectivity index (χ0n) is 6.65. The van der Waals surface area contributed by atoms with Crippen LogP contribution >= 0.6 is 22.6 Å². The van der Waals surface area contributed by atoms with Crippen LogP contribution in [-0.4, -0.2) is 27.4 Å². The molecule has 0 saturated carbocycles. The van der Waals surface area contributed by atoms with E-state index in [1.54, 1.807) is 0 Å². The predicted molar refractivity (Wildman–Crippen MR) is 53.2 cm³/mol. The van der Waals surface area contributed by atoms with Crippen LogP contribution in [0.5, 0.6) is 0 Å². The van der Waals surface area contributed by atoms with Crippen LogP contribution in [0.3, 0.4) is 0 Å². The highest BCUT2D eigenvalue weighted by Crippen LogP contribution is 1.95. The van der Waals surface area contributed by atoms with Gasteiger partial charge in [-0.05, 0) is 22.6 Å². The minimum absolute atomic E-state index is 0.0564. The quantitative estimate of drug-likeness (QED) is 0.810. The van der Waals surface area contributed by atoms with Crippen molar-refractivity contribution in [2.24, 2.45) is 0 Å². The molecular weight excluding hydrogens is 290 g/mol. The molecule has 0 amide bonds. The Bertz CT molecular complexity index is 342. The SMILES string of the molecule is O=c1c(I)cncn1CC(O)CF. The third-order valence-electron chi connectivity index (χ3n) is 1.44. The number of aliphatic hydroxyl groups is 1. The molecule has 0 fully saturated rings. The minimum Gasteiger partial charge on any atom is -0.389 e. The molecule has 72 valence electrons. The number of hydrogen-bond donors (Lipinski definition) is 1. The molecule has 0 radical (unpaired) electrons. The first kappa shape index (κ1) is 10.6. The molecule has 1 aromatic rings. The summed E-state index contributed by atoms with van der Waals surface area (Å²) in [5.74, 6) is 0. The Morgan fingerprint density at radius 1 is 1.77 bits per heavy atom. The van der Waals surface area contributed by atoms with Crippen molar-refractivity contribution in [2.75, 3.05) is 6.67 Å². The first-order valence-corrected chi connectivity index (χ1v) is 4.67. The summed E-state index contributed by atoms with van der Waals surface area (Å²) in [5, 5.41) is 8.96. The summed E-state index contributed by atoms with van der Waals surface area (Å²) in [6.45, 7) is -0.920. The van der Waals surface area contributed by atoms with Crippen LogP contribution in [0.25, 0.3) is 0 Å². The average molecular weight is 298 g/mol. The van der Waals surface area contributed by atoms with Crippen molar-refractivity contribution >= 4 is 22.6 Å². The number of aromatic nitrogens is 2. The highest BCUT2D eigenvalue weighted by molar-refractivity contribution is 14.1. The van der Waals surface area contributed by atoms with Crippen LogP contribution in [0.15, 0.2) is 17.3 Å². The third kappa shape index (κ3) is 2.73. The van der Waals surface area contributed by atoms with Crippen molar-refractivity contribution < 1.29 is 9.50 Å². The average Bonchev–Trinajstić information content (AvgIpc) is 2.13. The molecule has 1 aromatic heterocycles. The largest absolute Gasteiger partial charge is 0.389 e. The number of rotatable bonds is 3. The Hall–Kier alpha value is -0.500. The molecule has 0 bridgehead atoms. The Kier molecular flexibility index (Phi) is 3.79. The first-order chi connectivity index (χ1) is 6.15. The molecule has 1 N–H and O–H groups in total. The molecule has 1 unspecified atom stereocenters. The Balaban J connectivity index is 2.89. The lowest BCUT2D eigenvalue weighted by atomic mass is 10.4. The number of aliphatic hydroxyl groups excluding tert-OH is 1. The maximum atomic E-state index is 11.9. The predicted octanol–water partition coefficient (Wildman–Crippen LogP) is 0.178. The van der Waals surface area contributed by atoms with Gasteiger partial charge in [-0.2, -0.15) is 0 Å². The standard InChI is InChI=1S/C7H8FIN2O2/c8-1-5(12)3-11-4-10-2-6(9)7(11)13/h2,4-5,12H,1,3H2. The molecule has 1 heterocycles. The lowest BCUT2D eigenvalue weighted by molar-refractivity contribution is 0.120. The maximum absolute atomic E-state index is 11.9. The van der Waals surface area contributed by atoms with Crippen LogP contribution in [0.4, 0.5) is 4.39 Å². The summed E-state index contributed by atoms with van der Waals surface area (Å²) in [7, 11) is 0. The fourth-order valence-corrected chi connectivity index (χ4v) is 1.30. The minimum atomic E-state index is -1.14. The van der Waals surface area contributed by atoms with Crippen molar-refractivity contribution in [3.05, 3.63) is 26.4 Å². The summed E-state index contributed by atoms with van der Waals surface area (Å²) in [6, 6.07) is 0. The van der Waals surface area contributed by atoms with E-state index in [1.165, 1.54) is 17.1 Å².